The van der Waals surface area contributed by atoms with Crippen LogP contribution in [-0.2, 0) is 6.42 Å². The van der Waals surface area contributed by atoms with Gasteiger partial charge in [0.15, 0.2) is 0 Å². The van der Waals surface area contributed by atoms with Crippen LogP contribution < -0.4 is 0 Å². The molecule has 0 spiro atoms. The molecule has 0 radical (unpaired) electrons. The van der Waals surface area contributed by atoms with E-state index in [4.69, 9.17) is 4.55 Å². The van der Waals surface area contributed by atoms with E-state index in [1.165, 1.54) is 11.3 Å². The molecule has 0 aromatic carbocycles. The number of rotatable bonds is 2. The van der Waals surface area contributed by atoms with E-state index >= 15 is 0 Å². The Bertz CT molecular complexity index is 239. The van der Waals surface area contributed by atoms with Crippen molar-refractivity contribution in [1.82, 2.24) is 4.98 Å². The van der Waals surface area contributed by atoms with E-state index in [-0.39, 0.29) is 0 Å². The first kappa shape index (κ1) is 16.9. The van der Waals surface area contributed by atoms with E-state index in [2.05, 4.69) is 50.8 Å². The zero-order chi connectivity index (χ0) is 12.3. The lowest BCUT2D eigenvalue weighted by atomic mass is 10.0. The Hall–Kier alpha value is -0.540. The standard InChI is InChI=1S/C10H15N.C2H6.H2OS/c1-4-10-7-9(8(2)3)5-6-11-10;2*1-2/h5-8H,4H2,1-3H3;1-2H3;1-2H. The van der Waals surface area contributed by atoms with Crippen LogP contribution in [0.5, 0.6) is 0 Å². The van der Waals surface area contributed by atoms with Gasteiger partial charge in [0.2, 0.25) is 0 Å². The molecule has 0 aliphatic rings. The van der Waals surface area contributed by atoms with Crippen LogP contribution in [0, 0.1) is 0 Å². The van der Waals surface area contributed by atoms with E-state index in [0.717, 1.165) is 6.42 Å². The molecule has 1 N–H and O–H groups in total. The van der Waals surface area contributed by atoms with Crippen LogP contribution in [0.4, 0.5) is 0 Å². The number of aromatic nitrogens is 1. The summed E-state index contributed by atoms with van der Waals surface area (Å²) in [5, 5.41) is 0. The Balaban J connectivity index is 0. The fraction of sp³-hybridized carbons (Fsp3) is 0.583. The van der Waals surface area contributed by atoms with Crippen molar-refractivity contribution in [1.29, 1.82) is 0 Å². The molecule has 1 heterocycles. The lowest BCUT2D eigenvalue weighted by Gasteiger charge is -2.05. The van der Waals surface area contributed by atoms with Gasteiger partial charge in [-0.25, -0.2) is 0 Å². The molecule has 1 rings (SSSR count). The maximum Gasteiger partial charge on any atom is 0.0403 e. The second-order valence-electron chi connectivity index (χ2n) is 3.09. The van der Waals surface area contributed by atoms with Gasteiger partial charge in [-0.2, -0.15) is 0 Å². The van der Waals surface area contributed by atoms with Crippen molar-refractivity contribution in [2.45, 2.75) is 47.0 Å². The summed E-state index contributed by atoms with van der Waals surface area (Å²) in [4.78, 5) is 4.24. The van der Waals surface area contributed by atoms with Gasteiger partial charge in [0, 0.05) is 11.9 Å². The summed E-state index contributed by atoms with van der Waals surface area (Å²) in [6.07, 6.45) is 2.93. The Kier molecular flexibility index (Phi) is 13.0. The summed E-state index contributed by atoms with van der Waals surface area (Å²) in [5.74, 6) is 0.614. The van der Waals surface area contributed by atoms with Crippen molar-refractivity contribution in [3.8, 4) is 0 Å². The van der Waals surface area contributed by atoms with Gasteiger partial charge in [0.1, 0.15) is 0 Å². The SMILES string of the molecule is CC.CCc1cc(C(C)C)ccn1.OS. The van der Waals surface area contributed by atoms with E-state index in [1.54, 1.807) is 0 Å². The van der Waals surface area contributed by atoms with Gasteiger partial charge in [-0.15, -0.1) is 0 Å². The number of nitrogens with zero attached hydrogens (tertiary/aromatic N) is 1. The van der Waals surface area contributed by atoms with Crippen molar-refractivity contribution >= 4 is 12.9 Å². The highest BCUT2D eigenvalue weighted by atomic mass is 32.1. The fourth-order valence-corrected chi connectivity index (χ4v) is 1.05. The summed E-state index contributed by atoms with van der Waals surface area (Å²) >= 11 is 2.53. The van der Waals surface area contributed by atoms with Crippen molar-refractivity contribution in [3.63, 3.8) is 0 Å². The summed E-state index contributed by atoms with van der Waals surface area (Å²) in [7, 11) is 0. The van der Waals surface area contributed by atoms with Gasteiger partial charge in [0.25, 0.3) is 0 Å². The third kappa shape index (κ3) is 7.40. The number of pyridine rings is 1. The normalized spacial score (nSPS) is 8.53. The smallest absolute Gasteiger partial charge is 0.0403 e. The Morgan fingerprint density at radius 1 is 1.33 bits per heavy atom. The quantitative estimate of drug-likeness (QED) is 0.589. The molecule has 0 aliphatic carbocycles. The first-order valence-electron chi connectivity index (χ1n) is 5.39. The lowest BCUT2D eigenvalue weighted by Crippen LogP contribution is -1.91. The molecule has 0 saturated carbocycles. The zero-order valence-corrected chi connectivity index (χ0v) is 11.3. The minimum atomic E-state index is 0.614. The topological polar surface area (TPSA) is 33.1 Å². The van der Waals surface area contributed by atoms with Gasteiger partial charge < -0.3 is 4.55 Å². The lowest BCUT2D eigenvalue weighted by molar-refractivity contribution is 0.679. The van der Waals surface area contributed by atoms with Gasteiger partial charge in [-0.3, -0.25) is 4.98 Å². The minimum Gasteiger partial charge on any atom is -0.333 e. The summed E-state index contributed by atoms with van der Waals surface area (Å²) in [6, 6.07) is 4.27. The van der Waals surface area contributed by atoms with Gasteiger partial charge >= 0.3 is 0 Å². The Labute approximate surface area is 99.4 Å². The summed E-state index contributed by atoms with van der Waals surface area (Å²) in [5.41, 5.74) is 2.58. The van der Waals surface area contributed by atoms with E-state index < -0.39 is 0 Å². The predicted molar refractivity (Wildman–Crippen MR) is 70.7 cm³/mol. The van der Waals surface area contributed by atoms with Crippen LogP contribution in [0.2, 0.25) is 0 Å². The van der Waals surface area contributed by atoms with Crippen molar-refractivity contribution in [2.75, 3.05) is 0 Å². The minimum absolute atomic E-state index is 0.614. The van der Waals surface area contributed by atoms with E-state index in [9.17, 15) is 0 Å². The number of hydrogen-bond donors (Lipinski definition) is 2. The average Bonchev–Trinajstić information content (AvgIpc) is 2.34. The molecule has 0 amide bonds. The molecule has 2 nitrogen and oxygen atoms in total. The molecule has 1 aromatic heterocycles. The van der Waals surface area contributed by atoms with E-state index in [1.807, 2.05) is 20.0 Å². The maximum atomic E-state index is 6.69. The second kappa shape index (κ2) is 11.5. The van der Waals surface area contributed by atoms with Crippen molar-refractivity contribution < 1.29 is 4.55 Å². The monoisotopic (exact) mass is 229 g/mol. The van der Waals surface area contributed by atoms with Crippen LogP contribution in [0.3, 0.4) is 0 Å². The maximum absolute atomic E-state index is 6.69. The van der Waals surface area contributed by atoms with Crippen LogP contribution in [0.1, 0.15) is 51.8 Å². The summed E-state index contributed by atoms with van der Waals surface area (Å²) in [6.45, 7) is 10.5. The first-order valence-corrected chi connectivity index (χ1v) is 5.79. The van der Waals surface area contributed by atoms with Gasteiger partial charge in [0.05, 0.1) is 0 Å². The first-order chi connectivity index (χ1) is 7.24. The molecule has 3 heteroatoms. The molecule has 0 unspecified atom stereocenters. The second-order valence-corrected chi connectivity index (χ2v) is 3.09. The predicted octanol–water partition coefficient (Wildman–Crippen LogP) is 4.18. The third-order valence-electron chi connectivity index (χ3n) is 1.87. The fourth-order valence-electron chi connectivity index (χ4n) is 1.05. The summed E-state index contributed by atoms with van der Waals surface area (Å²) < 4.78 is 6.69. The zero-order valence-electron chi connectivity index (χ0n) is 10.4. The Morgan fingerprint density at radius 3 is 2.27 bits per heavy atom. The molecule has 1 aromatic rings. The highest BCUT2D eigenvalue weighted by Gasteiger charge is 1.98. The van der Waals surface area contributed by atoms with Gasteiger partial charge in [-0.05, 0) is 42.9 Å². The average molecular weight is 229 g/mol. The molecule has 0 atom stereocenters. The van der Waals surface area contributed by atoms with Crippen LogP contribution in [-0.4, -0.2) is 9.54 Å². The molecule has 0 bridgehead atoms. The molecular weight excluding hydrogens is 206 g/mol. The molecule has 0 fully saturated rings. The molecule has 88 valence electrons. The van der Waals surface area contributed by atoms with Crippen molar-refractivity contribution in [3.05, 3.63) is 29.6 Å². The van der Waals surface area contributed by atoms with Crippen LogP contribution >= 0.6 is 12.9 Å². The van der Waals surface area contributed by atoms with Crippen LogP contribution in [0.15, 0.2) is 18.3 Å². The largest absolute Gasteiger partial charge is 0.333 e. The highest BCUT2D eigenvalue weighted by Crippen LogP contribution is 2.13. The highest BCUT2D eigenvalue weighted by molar-refractivity contribution is 7.74. The number of hydrogen-bond acceptors (Lipinski definition) is 3. The molecule has 0 saturated heterocycles. The molecule has 15 heavy (non-hydrogen) atoms. The van der Waals surface area contributed by atoms with Crippen molar-refractivity contribution in [2.24, 2.45) is 0 Å². The van der Waals surface area contributed by atoms with E-state index in [0.29, 0.717) is 5.92 Å². The number of aryl methyl sites for hydroxylation is 1. The molecule has 0 aliphatic heterocycles. The Morgan fingerprint density at radius 2 is 1.87 bits per heavy atom. The molecular formula is C12H23NOS. The van der Waals surface area contributed by atoms with Gasteiger partial charge in [-0.1, -0.05) is 34.6 Å². The number of thiol groups is 1. The van der Waals surface area contributed by atoms with Crippen LogP contribution in [0.25, 0.3) is 0 Å². The third-order valence-corrected chi connectivity index (χ3v) is 1.87.